The van der Waals surface area contributed by atoms with Crippen molar-refractivity contribution in [2.45, 2.75) is 84.3 Å². The number of benzene rings is 1. The van der Waals surface area contributed by atoms with Crippen LogP contribution in [-0.4, -0.2) is 34.8 Å². The quantitative estimate of drug-likeness (QED) is 0.611. The summed E-state index contributed by atoms with van der Waals surface area (Å²) in [6, 6.07) is 9.95. The van der Waals surface area contributed by atoms with Crippen LogP contribution in [0, 0.1) is 11.8 Å². The van der Waals surface area contributed by atoms with Crippen LogP contribution in [-0.2, 0) is 16.0 Å². The van der Waals surface area contributed by atoms with Crippen molar-refractivity contribution >= 4 is 11.8 Å². The zero-order chi connectivity index (χ0) is 21.4. The summed E-state index contributed by atoms with van der Waals surface area (Å²) in [7, 11) is 0. The molecule has 1 fully saturated rings. The average molecular weight is 399 g/mol. The van der Waals surface area contributed by atoms with Crippen LogP contribution in [0.15, 0.2) is 43.0 Å². The first-order chi connectivity index (χ1) is 13.9. The van der Waals surface area contributed by atoms with E-state index in [4.69, 9.17) is 0 Å². The molecule has 1 aliphatic carbocycles. The molecular formula is C25H38N2O2. The second kappa shape index (κ2) is 11.2. The summed E-state index contributed by atoms with van der Waals surface area (Å²) in [5, 5.41) is 3.27. The van der Waals surface area contributed by atoms with E-state index in [0.717, 1.165) is 25.7 Å². The molecular weight excluding hydrogens is 360 g/mol. The van der Waals surface area contributed by atoms with Crippen LogP contribution in [0.2, 0.25) is 0 Å². The van der Waals surface area contributed by atoms with Gasteiger partial charge in [-0.25, -0.2) is 0 Å². The molecule has 1 N–H and O–H groups in total. The topological polar surface area (TPSA) is 49.4 Å². The molecule has 5 unspecified atom stereocenters. The van der Waals surface area contributed by atoms with Gasteiger partial charge in [0.05, 0.1) is 0 Å². The Kier molecular flexibility index (Phi) is 8.94. The van der Waals surface area contributed by atoms with Crippen LogP contribution < -0.4 is 5.32 Å². The van der Waals surface area contributed by atoms with Crippen LogP contribution in [0.5, 0.6) is 0 Å². The molecule has 1 aromatic carbocycles. The highest BCUT2D eigenvalue weighted by molar-refractivity contribution is 5.93. The molecule has 0 bridgehead atoms. The summed E-state index contributed by atoms with van der Waals surface area (Å²) in [6.07, 6.45) is 7.01. The van der Waals surface area contributed by atoms with Crippen molar-refractivity contribution in [3.63, 3.8) is 0 Å². The molecule has 4 nitrogen and oxygen atoms in total. The van der Waals surface area contributed by atoms with Gasteiger partial charge in [-0.05, 0) is 56.1 Å². The van der Waals surface area contributed by atoms with Gasteiger partial charge in [-0.1, -0.05) is 70.5 Å². The molecule has 0 saturated heterocycles. The molecule has 1 aliphatic rings. The maximum absolute atomic E-state index is 13.2. The number of carbonyl (C=O) groups is 2. The Morgan fingerprint density at radius 2 is 1.93 bits per heavy atom. The van der Waals surface area contributed by atoms with Crippen molar-refractivity contribution in [2.75, 3.05) is 0 Å². The van der Waals surface area contributed by atoms with E-state index in [1.165, 1.54) is 18.1 Å². The Labute approximate surface area is 176 Å². The molecule has 0 heterocycles. The van der Waals surface area contributed by atoms with Gasteiger partial charge in [0.15, 0.2) is 0 Å². The fraction of sp³-hybridized carbons (Fsp3) is 0.600. The maximum Gasteiger partial charge on any atom is 0.246 e. The molecule has 0 aromatic heterocycles. The SMILES string of the molecule is C=CC(=O)N(C(C)CCc1ccccc1)C(CC)C(=O)NC1CCCC(C)C1C. The minimum Gasteiger partial charge on any atom is -0.351 e. The third-order valence-corrected chi connectivity index (χ3v) is 6.66. The van der Waals surface area contributed by atoms with Gasteiger partial charge >= 0.3 is 0 Å². The Hall–Kier alpha value is -2.10. The summed E-state index contributed by atoms with van der Waals surface area (Å²) in [5.41, 5.74) is 1.24. The van der Waals surface area contributed by atoms with Crippen molar-refractivity contribution in [2.24, 2.45) is 11.8 Å². The average Bonchev–Trinajstić information content (AvgIpc) is 2.73. The second-order valence-electron chi connectivity index (χ2n) is 8.63. The van der Waals surface area contributed by atoms with Gasteiger partial charge in [-0.15, -0.1) is 0 Å². The van der Waals surface area contributed by atoms with Crippen molar-refractivity contribution < 1.29 is 9.59 Å². The van der Waals surface area contributed by atoms with E-state index in [1.54, 1.807) is 4.90 Å². The van der Waals surface area contributed by atoms with Crippen molar-refractivity contribution in [1.82, 2.24) is 10.2 Å². The first-order valence-corrected chi connectivity index (χ1v) is 11.2. The van der Waals surface area contributed by atoms with Gasteiger partial charge in [-0.2, -0.15) is 0 Å². The molecule has 29 heavy (non-hydrogen) atoms. The standard InChI is InChI=1S/C25H38N2O2/c1-6-23(25(29)26-22-15-11-12-18(3)20(22)5)27(24(28)7-2)19(4)16-17-21-13-9-8-10-14-21/h7-10,13-14,18-20,22-23H,2,6,11-12,15-17H2,1,3-5H3,(H,26,29). The van der Waals surface area contributed by atoms with E-state index in [1.807, 2.05) is 32.0 Å². The number of nitrogens with zero attached hydrogens (tertiary/aromatic N) is 1. The lowest BCUT2D eigenvalue weighted by Gasteiger charge is -2.38. The van der Waals surface area contributed by atoms with Crippen LogP contribution in [0.1, 0.15) is 65.4 Å². The fourth-order valence-electron chi connectivity index (χ4n) is 4.52. The first-order valence-electron chi connectivity index (χ1n) is 11.2. The smallest absolute Gasteiger partial charge is 0.246 e. The van der Waals surface area contributed by atoms with E-state index >= 15 is 0 Å². The molecule has 160 valence electrons. The summed E-state index contributed by atoms with van der Waals surface area (Å²) < 4.78 is 0. The minimum atomic E-state index is -0.462. The Morgan fingerprint density at radius 3 is 2.55 bits per heavy atom. The summed E-state index contributed by atoms with van der Waals surface area (Å²) in [5.74, 6) is 0.881. The van der Waals surface area contributed by atoms with E-state index < -0.39 is 6.04 Å². The van der Waals surface area contributed by atoms with Crippen LogP contribution in [0.25, 0.3) is 0 Å². The number of carbonyl (C=O) groups excluding carboxylic acids is 2. The lowest BCUT2D eigenvalue weighted by atomic mass is 9.78. The maximum atomic E-state index is 13.2. The van der Waals surface area contributed by atoms with E-state index in [0.29, 0.717) is 18.3 Å². The van der Waals surface area contributed by atoms with Crippen molar-refractivity contribution in [3.8, 4) is 0 Å². The Bertz CT molecular complexity index is 673. The van der Waals surface area contributed by atoms with E-state index in [-0.39, 0.29) is 23.9 Å². The highest BCUT2D eigenvalue weighted by atomic mass is 16.2. The second-order valence-corrected chi connectivity index (χ2v) is 8.63. The Balaban J connectivity index is 2.09. The number of aryl methyl sites for hydroxylation is 1. The van der Waals surface area contributed by atoms with Crippen molar-refractivity contribution in [3.05, 3.63) is 48.6 Å². The summed E-state index contributed by atoms with van der Waals surface area (Å²) >= 11 is 0. The Morgan fingerprint density at radius 1 is 1.24 bits per heavy atom. The third kappa shape index (κ3) is 6.19. The van der Waals surface area contributed by atoms with Gasteiger partial charge < -0.3 is 10.2 Å². The minimum absolute atomic E-state index is 0.0276. The molecule has 5 atom stereocenters. The predicted octanol–water partition coefficient (Wildman–Crippen LogP) is 4.74. The summed E-state index contributed by atoms with van der Waals surface area (Å²) in [6.45, 7) is 12.2. The molecule has 2 rings (SSSR count). The lowest BCUT2D eigenvalue weighted by Crippen LogP contribution is -2.55. The van der Waals surface area contributed by atoms with Crippen LogP contribution >= 0.6 is 0 Å². The van der Waals surface area contributed by atoms with Gasteiger partial charge in [0.1, 0.15) is 6.04 Å². The molecule has 0 radical (unpaired) electrons. The zero-order valence-electron chi connectivity index (χ0n) is 18.6. The van der Waals surface area contributed by atoms with Gasteiger partial charge in [-0.3, -0.25) is 9.59 Å². The molecule has 1 saturated carbocycles. The molecule has 0 aliphatic heterocycles. The first kappa shape index (κ1) is 23.2. The van der Waals surface area contributed by atoms with Crippen molar-refractivity contribution in [1.29, 1.82) is 0 Å². The normalized spacial score (nSPS) is 23.7. The highest BCUT2D eigenvalue weighted by Gasteiger charge is 2.34. The van der Waals surface area contributed by atoms with E-state index in [2.05, 4.69) is 37.9 Å². The molecule has 0 spiro atoms. The number of amides is 2. The van der Waals surface area contributed by atoms with E-state index in [9.17, 15) is 9.59 Å². The zero-order valence-corrected chi connectivity index (χ0v) is 18.6. The van der Waals surface area contributed by atoms with Crippen LogP contribution in [0.4, 0.5) is 0 Å². The molecule has 2 amide bonds. The van der Waals surface area contributed by atoms with Gasteiger partial charge in [0.2, 0.25) is 11.8 Å². The number of hydrogen-bond donors (Lipinski definition) is 1. The predicted molar refractivity (Wildman–Crippen MR) is 119 cm³/mol. The number of hydrogen-bond acceptors (Lipinski definition) is 2. The fourth-order valence-corrected chi connectivity index (χ4v) is 4.52. The number of nitrogens with one attached hydrogen (secondary N) is 1. The molecule has 4 heteroatoms. The van der Waals surface area contributed by atoms with Gasteiger partial charge in [0, 0.05) is 12.1 Å². The monoisotopic (exact) mass is 398 g/mol. The molecule has 1 aromatic rings. The highest BCUT2D eigenvalue weighted by Crippen LogP contribution is 2.29. The largest absolute Gasteiger partial charge is 0.351 e. The van der Waals surface area contributed by atoms with Gasteiger partial charge in [0.25, 0.3) is 0 Å². The third-order valence-electron chi connectivity index (χ3n) is 6.66. The number of rotatable bonds is 9. The lowest BCUT2D eigenvalue weighted by molar-refractivity contribution is -0.140. The summed E-state index contributed by atoms with van der Waals surface area (Å²) in [4.78, 5) is 27.6. The van der Waals surface area contributed by atoms with Crippen LogP contribution in [0.3, 0.4) is 0 Å².